The molecule has 2 unspecified atom stereocenters. The zero-order chi connectivity index (χ0) is 12.3. The Bertz CT molecular complexity index is 461. The van der Waals surface area contributed by atoms with Gasteiger partial charge in [-0.1, -0.05) is 37.3 Å². The van der Waals surface area contributed by atoms with Gasteiger partial charge in [0.25, 0.3) is 0 Å². The summed E-state index contributed by atoms with van der Waals surface area (Å²) >= 11 is 1.82. The van der Waals surface area contributed by atoms with Crippen LogP contribution in [0, 0.1) is 6.92 Å². The number of aryl methyl sites for hydroxylation is 1. The molecule has 1 aromatic carbocycles. The summed E-state index contributed by atoms with van der Waals surface area (Å²) in [6, 6.07) is 13.4. The van der Waals surface area contributed by atoms with E-state index in [9.17, 15) is 0 Å². The molecule has 1 aromatic heterocycles. The van der Waals surface area contributed by atoms with Gasteiger partial charge in [-0.3, -0.25) is 0 Å². The van der Waals surface area contributed by atoms with Crippen LogP contribution < -0.4 is 5.32 Å². The first kappa shape index (κ1) is 12.3. The van der Waals surface area contributed by atoms with Crippen LogP contribution in [0.15, 0.2) is 41.8 Å². The molecule has 1 N–H and O–H groups in total. The third-order valence-electron chi connectivity index (χ3n) is 3.25. The number of likely N-dealkylation sites (N-methyl/N-ethyl adjacent to an activating group) is 1. The predicted octanol–water partition coefficient (Wildman–Crippen LogP) is 4.12. The zero-order valence-electron chi connectivity index (χ0n) is 10.6. The summed E-state index contributed by atoms with van der Waals surface area (Å²) in [6.07, 6.45) is 0. The van der Waals surface area contributed by atoms with Gasteiger partial charge in [0.05, 0.1) is 0 Å². The molecule has 1 heterocycles. The number of rotatable bonds is 4. The standard InChI is InChI=1S/C15H19NS/c1-11-9-14(10-17-11)15(16-3)12(2)13-7-5-4-6-8-13/h4-10,12,15-16H,1-3H3. The Morgan fingerprint density at radius 2 is 1.82 bits per heavy atom. The fourth-order valence-corrected chi connectivity index (χ4v) is 3.02. The van der Waals surface area contributed by atoms with Gasteiger partial charge in [0, 0.05) is 16.8 Å². The van der Waals surface area contributed by atoms with E-state index < -0.39 is 0 Å². The first-order chi connectivity index (χ1) is 8.22. The van der Waals surface area contributed by atoms with Gasteiger partial charge in [0.2, 0.25) is 0 Å². The number of nitrogens with one attached hydrogen (secondary N) is 1. The maximum absolute atomic E-state index is 3.44. The molecule has 2 rings (SSSR count). The number of thiophene rings is 1. The minimum Gasteiger partial charge on any atom is -0.312 e. The minimum atomic E-state index is 0.391. The van der Waals surface area contributed by atoms with E-state index in [0.29, 0.717) is 12.0 Å². The summed E-state index contributed by atoms with van der Waals surface area (Å²) in [7, 11) is 2.04. The summed E-state index contributed by atoms with van der Waals surface area (Å²) < 4.78 is 0. The lowest BCUT2D eigenvalue weighted by atomic mass is 9.90. The Kier molecular flexibility index (Phi) is 3.97. The maximum atomic E-state index is 3.44. The van der Waals surface area contributed by atoms with E-state index in [2.05, 4.69) is 60.9 Å². The van der Waals surface area contributed by atoms with Crippen LogP contribution in [0.4, 0.5) is 0 Å². The van der Waals surface area contributed by atoms with E-state index in [4.69, 9.17) is 0 Å². The highest BCUT2D eigenvalue weighted by Gasteiger charge is 2.19. The molecule has 1 nitrogen and oxygen atoms in total. The zero-order valence-corrected chi connectivity index (χ0v) is 11.4. The Balaban J connectivity index is 2.25. The Morgan fingerprint density at radius 3 is 2.35 bits per heavy atom. The normalized spacial score (nSPS) is 14.5. The molecule has 17 heavy (non-hydrogen) atoms. The number of hydrogen-bond acceptors (Lipinski definition) is 2. The van der Waals surface area contributed by atoms with Crippen LogP contribution >= 0.6 is 11.3 Å². The smallest absolute Gasteiger partial charge is 0.0392 e. The van der Waals surface area contributed by atoms with Crippen molar-refractivity contribution in [2.24, 2.45) is 0 Å². The van der Waals surface area contributed by atoms with E-state index in [1.54, 1.807) is 0 Å². The van der Waals surface area contributed by atoms with Gasteiger partial charge in [-0.25, -0.2) is 0 Å². The molecule has 0 aliphatic heterocycles. The van der Waals surface area contributed by atoms with Gasteiger partial charge >= 0.3 is 0 Å². The summed E-state index contributed by atoms with van der Waals surface area (Å²) in [6.45, 7) is 4.44. The van der Waals surface area contributed by atoms with Crippen molar-refractivity contribution in [3.05, 3.63) is 57.8 Å². The fraction of sp³-hybridized carbons (Fsp3) is 0.333. The van der Waals surface area contributed by atoms with Crippen molar-refractivity contribution in [3.8, 4) is 0 Å². The monoisotopic (exact) mass is 245 g/mol. The third-order valence-corrected chi connectivity index (χ3v) is 4.13. The van der Waals surface area contributed by atoms with Gasteiger partial charge in [0.1, 0.15) is 0 Å². The topological polar surface area (TPSA) is 12.0 Å². The van der Waals surface area contributed by atoms with E-state index in [1.165, 1.54) is 16.0 Å². The average Bonchev–Trinajstić information content (AvgIpc) is 2.78. The van der Waals surface area contributed by atoms with Crippen LogP contribution in [0.2, 0.25) is 0 Å². The summed E-state index contributed by atoms with van der Waals surface area (Å²) in [5.41, 5.74) is 2.78. The maximum Gasteiger partial charge on any atom is 0.0392 e. The van der Waals surface area contributed by atoms with E-state index >= 15 is 0 Å². The van der Waals surface area contributed by atoms with Gasteiger partial charge in [-0.15, -0.1) is 11.3 Å². The Morgan fingerprint density at radius 1 is 1.12 bits per heavy atom. The van der Waals surface area contributed by atoms with Gasteiger partial charge in [0.15, 0.2) is 0 Å². The van der Waals surface area contributed by atoms with Crippen molar-refractivity contribution in [1.82, 2.24) is 5.32 Å². The Hall–Kier alpha value is -1.12. The van der Waals surface area contributed by atoms with Crippen molar-refractivity contribution in [3.63, 3.8) is 0 Å². The molecule has 0 amide bonds. The Labute approximate surface area is 108 Å². The molecule has 0 aliphatic carbocycles. The van der Waals surface area contributed by atoms with E-state index in [1.807, 2.05) is 18.4 Å². The highest BCUT2D eigenvalue weighted by atomic mass is 32.1. The summed E-state index contributed by atoms with van der Waals surface area (Å²) in [5, 5.41) is 5.70. The van der Waals surface area contributed by atoms with Crippen molar-refractivity contribution in [2.75, 3.05) is 7.05 Å². The molecule has 90 valence electrons. The van der Waals surface area contributed by atoms with Crippen LogP contribution in [-0.4, -0.2) is 7.05 Å². The van der Waals surface area contributed by atoms with E-state index in [-0.39, 0.29) is 0 Å². The molecule has 2 heteroatoms. The van der Waals surface area contributed by atoms with Gasteiger partial charge < -0.3 is 5.32 Å². The molecule has 0 bridgehead atoms. The molecule has 0 saturated heterocycles. The molecule has 0 radical (unpaired) electrons. The third kappa shape index (κ3) is 2.76. The van der Waals surface area contributed by atoms with Crippen molar-refractivity contribution in [1.29, 1.82) is 0 Å². The SMILES string of the molecule is CNC(c1csc(C)c1)C(C)c1ccccc1. The molecule has 0 saturated carbocycles. The minimum absolute atomic E-state index is 0.391. The summed E-state index contributed by atoms with van der Waals surface area (Å²) in [4.78, 5) is 1.38. The van der Waals surface area contributed by atoms with E-state index in [0.717, 1.165) is 0 Å². The highest BCUT2D eigenvalue weighted by molar-refractivity contribution is 7.10. The van der Waals surface area contributed by atoms with Crippen molar-refractivity contribution in [2.45, 2.75) is 25.8 Å². The molecule has 2 aromatic rings. The van der Waals surface area contributed by atoms with Gasteiger partial charge in [-0.2, -0.15) is 0 Å². The number of benzene rings is 1. The van der Waals surface area contributed by atoms with Gasteiger partial charge in [-0.05, 0) is 36.5 Å². The second-order valence-corrected chi connectivity index (χ2v) is 5.57. The van der Waals surface area contributed by atoms with Crippen molar-refractivity contribution >= 4 is 11.3 Å². The second-order valence-electron chi connectivity index (χ2n) is 4.46. The largest absolute Gasteiger partial charge is 0.312 e. The molecular weight excluding hydrogens is 226 g/mol. The van der Waals surface area contributed by atoms with Crippen LogP contribution in [-0.2, 0) is 0 Å². The van der Waals surface area contributed by atoms with Crippen LogP contribution in [0.25, 0.3) is 0 Å². The van der Waals surface area contributed by atoms with Crippen LogP contribution in [0.3, 0.4) is 0 Å². The lowest BCUT2D eigenvalue weighted by Crippen LogP contribution is -2.21. The molecular formula is C15H19NS. The molecule has 0 aliphatic rings. The first-order valence-corrected chi connectivity index (χ1v) is 6.87. The highest BCUT2D eigenvalue weighted by Crippen LogP contribution is 2.32. The molecule has 0 spiro atoms. The quantitative estimate of drug-likeness (QED) is 0.854. The number of hydrogen-bond donors (Lipinski definition) is 1. The first-order valence-electron chi connectivity index (χ1n) is 5.99. The average molecular weight is 245 g/mol. The summed E-state index contributed by atoms with van der Waals surface area (Å²) in [5.74, 6) is 0.482. The lowest BCUT2D eigenvalue weighted by molar-refractivity contribution is 0.509. The molecule has 2 atom stereocenters. The van der Waals surface area contributed by atoms with Crippen molar-refractivity contribution < 1.29 is 0 Å². The van der Waals surface area contributed by atoms with Crippen LogP contribution in [0.1, 0.15) is 34.9 Å². The lowest BCUT2D eigenvalue weighted by Gasteiger charge is -2.23. The van der Waals surface area contributed by atoms with Crippen LogP contribution in [0.5, 0.6) is 0 Å². The second kappa shape index (κ2) is 5.48. The fourth-order valence-electron chi connectivity index (χ4n) is 2.28. The molecule has 0 fully saturated rings. The predicted molar refractivity (Wildman–Crippen MR) is 75.7 cm³/mol.